The lowest BCUT2D eigenvalue weighted by Crippen LogP contribution is -2.31. The molecule has 6 heteroatoms. The lowest BCUT2D eigenvalue weighted by atomic mass is 9.87. The number of hydrogen-bond acceptors (Lipinski definition) is 4. The first-order chi connectivity index (χ1) is 10.4. The van der Waals surface area contributed by atoms with E-state index in [1.165, 1.54) is 5.56 Å². The second-order valence-corrected chi connectivity index (χ2v) is 6.39. The van der Waals surface area contributed by atoms with E-state index < -0.39 is 0 Å². The molecule has 1 N–H and O–H groups in total. The predicted molar refractivity (Wildman–Crippen MR) is 87.8 cm³/mol. The monoisotopic (exact) mass is 316 g/mol. The smallest absolute Gasteiger partial charge is 0.224 e. The second-order valence-electron chi connectivity index (χ2n) is 6.06. The Bertz CT molecular complexity index is 745. The third kappa shape index (κ3) is 2.64. The van der Waals surface area contributed by atoms with Crippen molar-refractivity contribution in [2.45, 2.75) is 26.2 Å². The van der Waals surface area contributed by atoms with Gasteiger partial charge in [-0.25, -0.2) is 9.97 Å². The molecule has 114 valence electrons. The standard InChI is InChI=1S/C16H17ClN4O/c1-10(22)21-9-16(2,3)12-5-4-11(8-13(12)21)19-14-6-7-18-15(17)20-14/h4-8H,9H2,1-3H3,(H,18,19,20). The van der Waals surface area contributed by atoms with Crippen LogP contribution < -0.4 is 10.2 Å². The minimum absolute atomic E-state index is 0.0439. The number of carbonyl (C=O) groups excluding carboxylic acids is 1. The Morgan fingerprint density at radius 3 is 2.82 bits per heavy atom. The average molecular weight is 317 g/mol. The van der Waals surface area contributed by atoms with Gasteiger partial charge in [0.25, 0.3) is 0 Å². The van der Waals surface area contributed by atoms with Crippen molar-refractivity contribution in [2.24, 2.45) is 0 Å². The third-order valence-electron chi connectivity index (χ3n) is 3.85. The van der Waals surface area contributed by atoms with Crippen molar-refractivity contribution in [1.82, 2.24) is 9.97 Å². The summed E-state index contributed by atoms with van der Waals surface area (Å²) in [5.74, 6) is 0.667. The zero-order valence-corrected chi connectivity index (χ0v) is 13.5. The number of benzene rings is 1. The van der Waals surface area contributed by atoms with Gasteiger partial charge in [-0.05, 0) is 35.4 Å². The van der Waals surface area contributed by atoms with E-state index in [1.807, 2.05) is 17.0 Å². The quantitative estimate of drug-likeness (QED) is 0.861. The Hall–Kier alpha value is -2.14. The lowest BCUT2D eigenvalue weighted by Gasteiger charge is -2.19. The van der Waals surface area contributed by atoms with Crippen LogP contribution in [0, 0.1) is 0 Å². The van der Waals surface area contributed by atoms with E-state index in [1.54, 1.807) is 19.2 Å². The molecule has 1 aliphatic rings. The van der Waals surface area contributed by atoms with Crippen molar-refractivity contribution >= 4 is 34.7 Å². The topological polar surface area (TPSA) is 58.1 Å². The highest BCUT2D eigenvalue weighted by atomic mass is 35.5. The SMILES string of the molecule is CC(=O)N1CC(C)(C)c2ccc(Nc3ccnc(Cl)n3)cc21. The molecule has 2 heterocycles. The maximum Gasteiger partial charge on any atom is 0.224 e. The Labute approximate surface area is 134 Å². The largest absolute Gasteiger partial charge is 0.340 e. The third-order valence-corrected chi connectivity index (χ3v) is 4.03. The summed E-state index contributed by atoms with van der Waals surface area (Å²) in [5, 5.41) is 3.38. The fourth-order valence-corrected chi connectivity index (χ4v) is 2.95. The van der Waals surface area contributed by atoms with Gasteiger partial charge in [0.05, 0.1) is 0 Å². The summed E-state index contributed by atoms with van der Waals surface area (Å²) in [4.78, 5) is 21.7. The summed E-state index contributed by atoms with van der Waals surface area (Å²) in [6.07, 6.45) is 1.59. The van der Waals surface area contributed by atoms with Crippen LogP contribution in [0.4, 0.5) is 17.2 Å². The fraction of sp³-hybridized carbons (Fsp3) is 0.312. The number of carbonyl (C=O) groups is 1. The molecule has 0 spiro atoms. The number of hydrogen-bond donors (Lipinski definition) is 1. The number of halogens is 1. The first kappa shape index (κ1) is 14.8. The molecule has 0 aliphatic carbocycles. The van der Waals surface area contributed by atoms with Gasteiger partial charge in [0.15, 0.2) is 0 Å². The van der Waals surface area contributed by atoms with Gasteiger partial charge in [-0.2, -0.15) is 0 Å². The second kappa shape index (κ2) is 5.25. The number of aromatic nitrogens is 2. The number of anilines is 3. The highest BCUT2D eigenvalue weighted by molar-refractivity contribution is 6.28. The van der Waals surface area contributed by atoms with Crippen LogP contribution in [0.2, 0.25) is 5.28 Å². The van der Waals surface area contributed by atoms with Crippen molar-refractivity contribution in [3.8, 4) is 0 Å². The van der Waals surface area contributed by atoms with Crippen LogP contribution in [0.15, 0.2) is 30.5 Å². The van der Waals surface area contributed by atoms with Crippen molar-refractivity contribution in [1.29, 1.82) is 0 Å². The van der Waals surface area contributed by atoms with Gasteiger partial charge >= 0.3 is 0 Å². The lowest BCUT2D eigenvalue weighted by molar-refractivity contribution is -0.116. The fourth-order valence-electron chi connectivity index (χ4n) is 2.80. The van der Waals surface area contributed by atoms with E-state index in [0.717, 1.165) is 11.4 Å². The highest BCUT2D eigenvalue weighted by Gasteiger charge is 2.36. The van der Waals surface area contributed by atoms with Crippen LogP contribution >= 0.6 is 11.6 Å². The number of fused-ring (bicyclic) bond motifs is 1. The van der Waals surface area contributed by atoms with Gasteiger partial charge in [0.2, 0.25) is 11.2 Å². The number of rotatable bonds is 2. The summed E-state index contributed by atoms with van der Waals surface area (Å²) in [7, 11) is 0. The van der Waals surface area contributed by atoms with E-state index in [9.17, 15) is 4.79 Å². The first-order valence-electron chi connectivity index (χ1n) is 7.05. The zero-order chi connectivity index (χ0) is 15.9. The summed E-state index contributed by atoms with van der Waals surface area (Å²) in [6, 6.07) is 7.76. The Balaban J connectivity index is 1.96. The van der Waals surface area contributed by atoms with Gasteiger partial charge in [0, 0.05) is 36.5 Å². The molecule has 22 heavy (non-hydrogen) atoms. The summed E-state index contributed by atoms with van der Waals surface area (Å²) >= 11 is 5.79. The number of nitrogens with zero attached hydrogens (tertiary/aromatic N) is 3. The van der Waals surface area contributed by atoms with E-state index in [-0.39, 0.29) is 16.6 Å². The van der Waals surface area contributed by atoms with Crippen LogP contribution in [0.1, 0.15) is 26.3 Å². The van der Waals surface area contributed by atoms with E-state index in [2.05, 4.69) is 35.2 Å². The maximum atomic E-state index is 11.9. The Kier molecular flexibility index (Phi) is 3.53. The molecule has 1 aromatic heterocycles. The van der Waals surface area contributed by atoms with Gasteiger partial charge in [-0.15, -0.1) is 0 Å². The Morgan fingerprint density at radius 1 is 1.36 bits per heavy atom. The molecule has 0 saturated carbocycles. The first-order valence-corrected chi connectivity index (χ1v) is 7.43. The van der Waals surface area contributed by atoms with Crippen molar-refractivity contribution in [2.75, 3.05) is 16.8 Å². The number of nitrogens with one attached hydrogen (secondary N) is 1. The minimum Gasteiger partial charge on any atom is -0.340 e. The molecular formula is C16H17ClN4O. The van der Waals surface area contributed by atoms with Crippen LogP contribution in [0.5, 0.6) is 0 Å². The van der Waals surface area contributed by atoms with Crippen molar-refractivity contribution in [3.63, 3.8) is 0 Å². The predicted octanol–water partition coefficient (Wildman–Crippen LogP) is 3.52. The maximum absolute atomic E-state index is 11.9. The molecule has 0 bridgehead atoms. The minimum atomic E-state index is -0.0439. The van der Waals surface area contributed by atoms with E-state index >= 15 is 0 Å². The molecule has 0 radical (unpaired) electrons. The molecule has 0 saturated heterocycles. The summed E-state index contributed by atoms with van der Waals surface area (Å²) < 4.78 is 0. The molecule has 0 atom stereocenters. The molecule has 3 rings (SSSR count). The van der Waals surface area contributed by atoms with Gasteiger partial charge in [-0.3, -0.25) is 4.79 Å². The summed E-state index contributed by atoms with van der Waals surface area (Å²) in [6.45, 7) is 6.58. The molecule has 1 amide bonds. The van der Waals surface area contributed by atoms with Crippen LogP contribution in [0.3, 0.4) is 0 Å². The van der Waals surface area contributed by atoms with Crippen LogP contribution in [-0.4, -0.2) is 22.4 Å². The van der Waals surface area contributed by atoms with Crippen LogP contribution in [0.25, 0.3) is 0 Å². The normalized spacial score (nSPS) is 15.5. The van der Waals surface area contributed by atoms with Gasteiger partial charge in [0.1, 0.15) is 5.82 Å². The average Bonchev–Trinajstić information content (AvgIpc) is 2.71. The number of amides is 1. The van der Waals surface area contributed by atoms with Gasteiger partial charge in [-0.1, -0.05) is 19.9 Å². The summed E-state index contributed by atoms with van der Waals surface area (Å²) in [5.41, 5.74) is 2.94. The van der Waals surface area contributed by atoms with E-state index in [4.69, 9.17) is 11.6 Å². The molecule has 2 aromatic rings. The molecule has 0 unspecified atom stereocenters. The van der Waals surface area contributed by atoms with Crippen LogP contribution in [-0.2, 0) is 10.2 Å². The molecule has 0 fully saturated rings. The molecule has 1 aliphatic heterocycles. The molecule has 5 nitrogen and oxygen atoms in total. The van der Waals surface area contributed by atoms with Crippen molar-refractivity contribution < 1.29 is 4.79 Å². The molecular weight excluding hydrogens is 300 g/mol. The zero-order valence-electron chi connectivity index (χ0n) is 12.7. The highest BCUT2D eigenvalue weighted by Crippen LogP contribution is 2.42. The molecule has 1 aromatic carbocycles. The van der Waals surface area contributed by atoms with E-state index in [0.29, 0.717) is 12.4 Å². The van der Waals surface area contributed by atoms with Crippen molar-refractivity contribution in [3.05, 3.63) is 41.3 Å². The van der Waals surface area contributed by atoms with Gasteiger partial charge < -0.3 is 10.2 Å². The Morgan fingerprint density at radius 2 is 2.14 bits per heavy atom.